The number of hydrogen-bond acceptors (Lipinski definition) is 5. The molecule has 1 saturated heterocycles. The molecular weight excluding hydrogens is 464 g/mol. The second-order valence-electron chi connectivity index (χ2n) is 10.1. The Bertz CT molecular complexity index is 1110. The number of primary amides is 1. The third kappa shape index (κ3) is 6.70. The molecule has 10 heteroatoms. The molecule has 8 nitrogen and oxygen atoms in total. The van der Waals surface area contributed by atoms with Gasteiger partial charge in [0.05, 0.1) is 11.2 Å². The van der Waals surface area contributed by atoms with Gasteiger partial charge in [-0.1, -0.05) is 36.4 Å². The monoisotopic (exact) mass is 497 g/mol. The first-order valence-corrected chi connectivity index (χ1v) is 11.8. The van der Waals surface area contributed by atoms with Crippen molar-refractivity contribution in [1.82, 2.24) is 10.6 Å². The molecule has 4 N–H and O–H groups in total. The van der Waals surface area contributed by atoms with Crippen molar-refractivity contribution in [3.8, 4) is 0 Å². The lowest BCUT2D eigenvalue weighted by Gasteiger charge is -2.32. The van der Waals surface area contributed by atoms with E-state index < -0.39 is 53.9 Å². The maximum absolute atomic E-state index is 13.6. The Kier molecular flexibility index (Phi) is 8.21. The number of nitrogens with one attached hydrogen (secondary N) is 2. The number of benzene rings is 2. The average molecular weight is 497 g/mol. The summed E-state index contributed by atoms with van der Waals surface area (Å²) in [5, 5.41) is 5.18. The van der Waals surface area contributed by atoms with Crippen LogP contribution in [0.4, 0.5) is 4.39 Å². The molecule has 1 aliphatic heterocycles. The zero-order chi connectivity index (χ0) is 26.7. The summed E-state index contributed by atoms with van der Waals surface area (Å²) in [6.07, 6.45) is 0.203. The minimum absolute atomic E-state index is 0.0530. The van der Waals surface area contributed by atoms with Gasteiger partial charge in [-0.3, -0.25) is 14.4 Å². The van der Waals surface area contributed by atoms with Crippen molar-refractivity contribution < 1.29 is 28.1 Å². The Morgan fingerprint density at radius 1 is 0.917 bits per heavy atom. The van der Waals surface area contributed by atoms with Crippen LogP contribution in [0, 0.1) is 5.82 Å². The molecule has 2 aromatic carbocycles. The van der Waals surface area contributed by atoms with E-state index in [2.05, 4.69) is 10.6 Å². The van der Waals surface area contributed by atoms with Gasteiger partial charge < -0.3 is 25.7 Å². The van der Waals surface area contributed by atoms with Crippen LogP contribution in [0.1, 0.15) is 45.7 Å². The number of hydrogen-bond donors (Lipinski definition) is 3. The smallest absolute Gasteiger partial charge is 0.399 e. The Balaban J connectivity index is 1.69. The molecule has 0 saturated carbocycles. The van der Waals surface area contributed by atoms with Gasteiger partial charge in [-0.15, -0.1) is 0 Å². The van der Waals surface area contributed by atoms with Crippen LogP contribution in [-0.4, -0.2) is 48.1 Å². The van der Waals surface area contributed by atoms with Gasteiger partial charge in [-0.2, -0.15) is 0 Å². The summed E-state index contributed by atoms with van der Waals surface area (Å²) in [5.41, 5.74) is 6.76. The Labute approximate surface area is 211 Å². The number of nitrogens with two attached hydrogens (primary N) is 1. The predicted molar refractivity (Wildman–Crippen MR) is 135 cm³/mol. The van der Waals surface area contributed by atoms with Gasteiger partial charge in [0.25, 0.3) is 0 Å². The van der Waals surface area contributed by atoms with Crippen molar-refractivity contribution in [3.63, 3.8) is 0 Å². The summed E-state index contributed by atoms with van der Waals surface area (Å²) >= 11 is 0. The van der Waals surface area contributed by atoms with Gasteiger partial charge in [0.1, 0.15) is 17.9 Å². The first-order chi connectivity index (χ1) is 16.8. The topological polar surface area (TPSA) is 120 Å². The zero-order valence-electron chi connectivity index (χ0n) is 21.3. The van der Waals surface area contributed by atoms with E-state index in [1.165, 1.54) is 25.1 Å². The van der Waals surface area contributed by atoms with E-state index in [4.69, 9.17) is 15.0 Å². The highest BCUT2D eigenvalue weighted by atomic mass is 19.1. The van der Waals surface area contributed by atoms with Crippen molar-refractivity contribution in [2.75, 3.05) is 0 Å². The van der Waals surface area contributed by atoms with Gasteiger partial charge in [-0.25, -0.2) is 4.39 Å². The van der Waals surface area contributed by atoms with Gasteiger partial charge in [0, 0.05) is 19.8 Å². The molecule has 0 spiro atoms. The molecule has 2 atom stereocenters. The van der Waals surface area contributed by atoms with Crippen molar-refractivity contribution in [2.24, 2.45) is 5.73 Å². The number of carbonyl (C=O) groups excluding carboxylic acids is 3. The second kappa shape index (κ2) is 10.8. The number of rotatable bonds is 9. The molecule has 0 radical (unpaired) electrons. The highest BCUT2D eigenvalue weighted by Crippen LogP contribution is 2.36. The van der Waals surface area contributed by atoms with E-state index in [9.17, 15) is 18.8 Å². The Morgan fingerprint density at radius 3 is 2.03 bits per heavy atom. The summed E-state index contributed by atoms with van der Waals surface area (Å²) < 4.78 is 25.7. The molecule has 2 aromatic rings. The fourth-order valence-electron chi connectivity index (χ4n) is 3.88. The van der Waals surface area contributed by atoms with Crippen LogP contribution in [0.3, 0.4) is 0 Å². The maximum atomic E-state index is 13.6. The summed E-state index contributed by atoms with van der Waals surface area (Å²) in [7, 11) is -0.517. The largest absolute Gasteiger partial charge is 0.494 e. The number of halogens is 1. The van der Waals surface area contributed by atoms with Crippen LogP contribution in [0.15, 0.2) is 48.5 Å². The summed E-state index contributed by atoms with van der Waals surface area (Å²) in [6, 6.07) is 11.1. The van der Waals surface area contributed by atoms with E-state index in [0.717, 1.165) is 11.0 Å². The Hall–Kier alpha value is -3.24. The third-order valence-electron chi connectivity index (χ3n) is 6.63. The molecule has 3 rings (SSSR count). The lowest BCUT2D eigenvalue weighted by atomic mass is 9.78. The first-order valence-electron chi connectivity index (χ1n) is 11.8. The maximum Gasteiger partial charge on any atom is 0.494 e. The van der Waals surface area contributed by atoms with Crippen molar-refractivity contribution in [2.45, 2.75) is 70.7 Å². The Morgan fingerprint density at radius 2 is 1.50 bits per heavy atom. The minimum Gasteiger partial charge on any atom is -0.399 e. The van der Waals surface area contributed by atoms with Crippen LogP contribution in [0.5, 0.6) is 0 Å². The second-order valence-corrected chi connectivity index (χ2v) is 10.1. The first kappa shape index (κ1) is 27.4. The average Bonchev–Trinajstić information content (AvgIpc) is 2.99. The normalized spacial score (nSPS) is 17.8. The van der Waals surface area contributed by atoms with E-state index >= 15 is 0 Å². The van der Waals surface area contributed by atoms with Gasteiger partial charge in [-0.05, 0) is 56.4 Å². The lowest BCUT2D eigenvalue weighted by Crippen LogP contribution is -2.54. The molecule has 1 heterocycles. The van der Waals surface area contributed by atoms with Gasteiger partial charge >= 0.3 is 7.12 Å². The molecule has 3 amide bonds. The highest BCUT2D eigenvalue weighted by Gasteiger charge is 2.51. The fraction of sp³-hybridized carbons (Fsp3) is 0.423. The molecular formula is C26H33BFN3O5. The van der Waals surface area contributed by atoms with Crippen LogP contribution in [0.2, 0.25) is 0 Å². The molecule has 1 fully saturated rings. The molecule has 0 aromatic heterocycles. The van der Waals surface area contributed by atoms with Crippen LogP contribution >= 0.6 is 0 Å². The van der Waals surface area contributed by atoms with Gasteiger partial charge in [0.15, 0.2) is 0 Å². The molecule has 0 unspecified atom stereocenters. The molecule has 192 valence electrons. The molecule has 0 aliphatic carbocycles. The highest BCUT2D eigenvalue weighted by molar-refractivity contribution is 6.62. The molecule has 0 bridgehead atoms. The fourth-order valence-corrected chi connectivity index (χ4v) is 3.88. The van der Waals surface area contributed by atoms with E-state index in [1.807, 2.05) is 52.0 Å². The predicted octanol–water partition coefficient (Wildman–Crippen LogP) is 1.38. The number of carbonyl (C=O) groups is 3. The standard InChI is InChI=1S/C26H33BFN3O5/c1-16(32)30-22(15-18-7-6-8-20(28)13-18)24(34)31-21(23(29)33)14-17-9-11-19(12-10-17)27-35-25(2,3)26(4,5)36-27/h6-13,21-22H,14-15H2,1-5H3,(H2,29,33)(H,30,32)(H,31,34)/t21-,22+/m1/s1. The zero-order valence-corrected chi connectivity index (χ0v) is 21.3. The van der Waals surface area contributed by atoms with E-state index in [0.29, 0.717) is 5.56 Å². The summed E-state index contributed by atoms with van der Waals surface area (Å²) in [6.45, 7) is 9.18. The van der Waals surface area contributed by atoms with Crippen molar-refractivity contribution in [3.05, 3.63) is 65.5 Å². The van der Waals surface area contributed by atoms with Crippen molar-refractivity contribution >= 4 is 30.3 Å². The quantitative estimate of drug-likeness (QED) is 0.453. The minimum atomic E-state index is -1.01. The van der Waals surface area contributed by atoms with Crippen LogP contribution in [-0.2, 0) is 36.5 Å². The third-order valence-corrected chi connectivity index (χ3v) is 6.63. The van der Waals surface area contributed by atoms with E-state index in [-0.39, 0.29) is 12.8 Å². The molecule has 1 aliphatic rings. The molecule has 36 heavy (non-hydrogen) atoms. The number of amides is 3. The summed E-state index contributed by atoms with van der Waals surface area (Å²) in [5.74, 6) is -2.19. The van der Waals surface area contributed by atoms with Crippen molar-refractivity contribution in [1.29, 1.82) is 0 Å². The summed E-state index contributed by atoms with van der Waals surface area (Å²) in [4.78, 5) is 36.8. The lowest BCUT2D eigenvalue weighted by molar-refractivity contribution is -0.130. The van der Waals surface area contributed by atoms with Crippen LogP contribution in [0.25, 0.3) is 0 Å². The van der Waals surface area contributed by atoms with E-state index in [1.54, 1.807) is 6.07 Å². The SMILES string of the molecule is CC(=O)N[C@@H](Cc1cccc(F)c1)C(=O)N[C@H](Cc1ccc(B2OC(C)(C)C(C)(C)O2)cc1)C(N)=O. The van der Waals surface area contributed by atoms with Gasteiger partial charge in [0.2, 0.25) is 17.7 Å². The van der Waals surface area contributed by atoms with Crippen LogP contribution < -0.4 is 21.8 Å².